The molecule has 0 saturated heterocycles. The first-order valence-electron chi connectivity index (χ1n) is 8.07. The summed E-state index contributed by atoms with van der Waals surface area (Å²) in [5, 5.41) is 10.8. The predicted octanol–water partition coefficient (Wildman–Crippen LogP) is 4.25. The Morgan fingerprint density at radius 2 is 1.57 bits per heavy atom. The molecule has 21 heavy (non-hydrogen) atoms. The van der Waals surface area contributed by atoms with E-state index in [1.807, 2.05) is 38.1 Å². The van der Waals surface area contributed by atoms with Crippen LogP contribution in [0.15, 0.2) is 24.3 Å². The predicted molar refractivity (Wildman–Crippen MR) is 84.6 cm³/mol. The van der Waals surface area contributed by atoms with Gasteiger partial charge in [0.15, 0.2) is 0 Å². The number of benzene rings is 1. The number of aliphatic hydroxyl groups excluding tert-OH is 1. The van der Waals surface area contributed by atoms with Crippen molar-refractivity contribution >= 4 is 0 Å². The highest BCUT2D eigenvalue weighted by molar-refractivity contribution is 5.30. The van der Waals surface area contributed by atoms with E-state index >= 15 is 0 Å². The Morgan fingerprint density at radius 3 is 2.05 bits per heavy atom. The topological polar surface area (TPSA) is 38.7 Å². The molecule has 1 atom stereocenters. The number of rotatable bonds is 5. The van der Waals surface area contributed by atoms with Crippen molar-refractivity contribution in [3.63, 3.8) is 0 Å². The summed E-state index contributed by atoms with van der Waals surface area (Å²) in [5.41, 5.74) is 0.478. The SMILES string of the molecule is COC1(C(O)c2ccc(OC(C)C)cc2)CCCCCC1. The normalized spacial score (nSPS) is 20.0. The summed E-state index contributed by atoms with van der Waals surface area (Å²) in [5.74, 6) is 0.841. The summed E-state index contributed by atoms with van der Waals surface area (Å²) in [4.78, 5) is 0. The minimum atomic E-state index is -0.575. The quantitative estimate of drug-likeness (QED) is 0.825. The Morgan fingerprint density at radius 1 is 1.00 bits per heavy atom. The highest BCUT2D eigenvalue weighted by atomic mass is 16.5. The minimum Gasteiger partial charge on any atom is -0.491 e. The molecule has 0 amide bonds. The van der Waals surface area contributed by atoms with E-state index < -0.39 is 11.7 Å². The van der Waals surface area contributed by atoms with Gasteiger partial charge in [0.05, 0.1) is 11.7 Å². The lowest BCUT2D eigenvalue weighted by molar-refractivity contribution is -0.114. The van der Waals surface area contributed by atoms with Gasteiger partial charge >= 0.3 is 0 Å². The molecule has 1 unspecified atom stereocenters. The summed E-state index contributed by atoms with van der Waals surface area (Å²) in [6, 6.07) is 7.76. The van der Waals surface area contributed by atoms with Crippen LogP contribution in [0.4, 0.5) is 0 Å². The fourth-order valence-electron chi connectivity index (χ4n) is 3.22. The van der Waals surface area contributed by atoms with Crippen molar-refractivity contribution in [3.05, 3.63) is 29.8 Å². The first kappa shape index (κ1) is 16.3. The van der Waals surface area contributed by atoms with Gasteiger partial charge in [-0.15, -0.1) is 0 Å². The van der Waals surface area contributed by atoms with Crippen molar-refractivity contribution < 1.29 is 14.6 Å². The molecule has 0 bridgehead atoms. The summed E-state index contributed by atoms with van der Waals surface area (Å²) < 4.78 is 11.4. The van der Waals surface area contributed by atoms with Crippen LogP contribution < -0.4 is 4.74 Å². The largest absolute Gasteiger partial charge is 0.491 e. The Kier molecular flexibility index (Phi) is 5.65. The van der Waals surface area contributed by atoms with Gasteiger partial charge in [-0.1, -0.05) is 37.8 Å². The van der Waals surface area contributed by atoms with Crippen molar-refractivity contribution in [1.29, 1.82) is 0 Å². The Labute approximate surface area is 128 Å². The first-order chi connectivity index (χ1) is 10.1. The molecule has 2 rings (SSSR count). The fraction of sp³-hybridized carbons (Fsp3) is 0.667. The Hall–Kier alpha value is -1.06. The average Bonchev–Trinajstić information content (AvgIpc) is 2.73. The van der Waals surface area contributed by atoms with E-state index in [9.17, 15) is 5.11 Å². The Balaban J connectivity index is 2.14. The zero-order chi connectivity index (χ0) is 15.3. The van der Waals surface area contributed by atoms with Crippen LogP contribution in [0.1, 0.15) is 64.0 Å². The molecule has 1 fully saturated rings. The zero-order valence-corrected chi connectivity index (χ0v) is 13.5. The summed E-state index contributed by atoms with van der Waals surface area (Å²) in [6.45, 7) is 4.02. The van der Waals surface area contributed by atoms with Gasteiger partial charge < -0.3 is 14.6 Å². The second-order valence-electron chi connectivity index (χ2n) is 6.32. The first-order valence-corrected chi connectivity index (χ1v) is 8.07. The fourth-order valence-corrected chi connectivity index (χ4v) is 3.22. The van der Waals surface area contributed by atoms with Crippen LogP contribution >= 0.6 is 0 Å². The van der Waals surface area contributed by atoms with Gasteiger partial charge in [0.25, 0.3) is 0 Å². The van der Waals surface area contributed by atoms with Crippen LogP contribution in [0.3, 0.4) is 0 Å². The van der Waals surface area contributed by atoms with E-state index in [2.05, 4.69) is 0 Å². The van der Waals surface area contributed by atoms with Crippen molar-refractivity contribution in [2.75, 3.05) is 7.11 Å². The van der Waals surface area contributed by atoms with Crippen LogP contribution in [0.2, 0.25) is 0 Å². The van der Waals surface area contributed by atoms with Crippen LogP contribution in [-0.4, -0.2) is 23.9 Å². The number of methoxy groups -OCH3 is 1. The van der Waals surface area contributed by atoms with E-state index in [0.29, 0.717) is 0 Å². The van der Waals surface area contributed by atoms with Crippen molar-refractivity contribution in [1.82, 2.24) is 0 Å². The number of ether oxygens (including phenoxy) is 2. The van der Waals surface area contributed by atoms with E-state index in [1.54, 1.807) is 7.11 Å². The van der Waals surface area contributed by atoms with Crippen molar-refractivity contribution in [2.24, 2.45) is 0 Å². The average molecular weight is 292 g/mol. The zero-order valence-electron chi connectivity index (χ0n) is 13.5. The molecule has 1 N–H and O–H groups in total. The maximum absolute atomic E-state index is 10.8. The second-order valence-corrected chi connectivity index (χ2v) is 6.32. The van der Waals surface area contributed by atoms with Crippen molar-refractivity contribution in [3.8, 4) is 5.75 Å². The lowest BCUT2D eigenvalue weighted by Crippen LogP contribution is -2.38. The molecule has 0 aromatic heterocycles. The molecule has 3 nitrogen and oxygen atoms in total. The molecule has 1 aromatic rings. The van der Waals surface area contributed by atoms with Crippen LogP contribution in [-0.2, 0) is 4.74 Å². The van der Waals surface area contributed by atoms with Gasteiger partial charge in [-0.05, 0) is 44.4 Å². The lowest BCUT2D eigenvalue weighted by atomic mass is 9.84. The summed E-state index contributed by atoms with van der Waals surface area (Å²) in [6.07, 6.45) is 6.16. The van der Waals surface area contributed by atoms with Gasteiger partial charge in [-0.25, -0.2) is 0 Å². The maximum atomic E-state index is 10.8. The number of hydrogen-bond acceptors (Lipinski definition) is 3. The third kappa shape index (κ3) is 3.98. The third-order valence-corrected chi connectivity index (χ3v) is 4.42. The van der Waals surface area contributed by atoms with Gasteiger partial charge in [0.2, 0.25) is 0 Å². The molecular weight excluding hydrogens is 264 g/mol. The molecule has 0 heterocycles. The molecule has 1 aromatic carbocycles. The highest BCUT2D eigenvalue weighted by Gasteiger charge is 2.39. The van der Waals surface area contributed by atoms with Gasteiger partial charge in [-0.3, -0.25) is 0 Å². The molecule has 0 radical (unpaired) electrons. The monoisotopic (exact) mass is 292 g/mol. The Bertz CT molecular complexity index is 417. The smallest absolute Gasteiger partial charge is 0.119 e. The molecule has 1 aliphatic rings. The van der Waals surface area contributed by atoms with Crippen molar-refractivity contribution in [2.45, 2.75) is 70.2 Å². The lowest BCUT2D eigenvalue weighted by Gasteiger charge is -2.36. The van der Waals surface area contributed by atoms with Gasteiger partial charge in [0.1, 0.15) is 11.9 Å². The standard InChI is InChI=1S/C18H28O3/c1-14(2)21-16-10-8-15(9-11-16)17(19)18(20-3)12-6-4-5-7-13-18/h8-11,14,17,19H,4-7,12-13H2,1-3H3. The van der Waals surface area contributed by atoms with Crippen LogP contribution in [0, 0.1) is 0 Å². The molecule has 0 spiro atoms. The van der Waals surface area contributed by atoms with Gasteiger partial charge in [-0.2, -0.15) is 0 Å². The van der Waals surface area contributed by atoms with E-state index in [1.165, 1.54) is 12.8 Å². The maximum Gasteiger partial charge on any atom is 0.119 e. The van der Waals surface area contributed by atoms with Gasteiger partial charge in [0, 0.05) is 7.11 Å². The molecular formula is C18H28O3. The molecule has 118 valence electrons. The van der Waals surface area contributed by atoms with E-state index in [-0.39, 0.29) is 6.10 Å². The summed E-state index contributed by atoms with van der Waals surface area (Å²) >= 11 is 0. The molecule has 3 heteroatoms. The minimum absolute atomic E-state index is 0.160. The van der Waals surface area contributed by atoms with Crippen LogP contribution in [0.25, 0.3) is 0 Å². The second kappa shape index (κ2) is 7.28. The third-order valence-electron chi connectivity index (χ3n) is 4.42. The number of hydrogen-bond donors (Lipinski definition) is 1. The molecule has 1 saturated carbocycles. The number of aliphatic hydroxyl groups is 1. The van der Waals surface area contributed by atoms with E-state index in [0.717, 1.165) is 37.0 Å². The highest BCUT2D eigenvalue weighted by Crippen LogP contribution is 2.40. The molecule has 0 aliphatic heterocycles. The molecule has 1 aliphatic carbocycles. The van der Waals surface area contributed by atoms with Crippen LogP contribution in [0.5, 0.6) is 5.75 Å². The van der Waals surface area contributed by atoms with E-state index in [4.69, 9.17) is 9.47 Å². The summed E-state index contributed by atoms with van der Waals surface area (Å²) in [7, 11) is 1.73.